The van der Waals surface area contributed by atoms with E-state index >= 15 is 0 Å². The van der Waals surface area contributed by atoms with Gasteiger partial charge in [0.15, 0.2) is 0 Å². The molecular weight excluding hydrogens is 270 g/mol. The largest absolute Gasteiger partial charge is 0.508 e. The number of rotatable bonds is 2. The van der Waals surface area contributed by atoms with Gasteiger partial charge in [-0.25, -0.2) is 0 Å². The molecule has 1 aromatic carbocycles. The predicted octanol–water partition coefficient (Wildman–Crippen LogP) is 2.44. The van der Waals surface area contributed by atoms with E-state index < -0.39 is 12.1 Å². The second-order valence-corrected chi connectivity index (χ2v) is 6.09. The number of hydrogen-bond donors (Lipinski definition) is 4. The molecule has 21 heavy (non-hydrogen) atoms. The zero-order valence-corrected chi connectivity index (χ0v) is 12.8. The predicted molar refractivity (Wildman–Crippen MR) is 81.2 cm³/mol. The van der Waals surface area contributed by atoms with Crippen LogP contribution in [0.15, 0.2) is 24.3 Å². The van der Waals surface area contributed by atoms with E-state index in [1.807, 2.05) is 6.07 Å². The maximum absolute atomic E-state index is 10.3. The van der Waals surface area contributed by atoms with E-state index in [1.165, 1.54) is 0 Å². The number of carboxylic acids is 1. The van der Waals surface area contributed by atoms with Crippen LogP contribution in [0.3, 0.4) is 0 Å². The smallest absolute Gasteiger partial charge is 0.300 e. The summed E-state index contributed by atoms with van der Waals surface area (Å²) in [5.41, 5.74) is 0.862. The Morgan fingerprint density at radius 2 is 2.05 bits per heavy atom. The van der Waals surface area contributed by atoms with Crippen LogP contribution in [0, 0.1) is 0 Å². The third-order valence-corrected chi connectivity index (χ3v) is 3.49. The van der Waals surface area contributed by atoms with E-state index in [0.29, 0.717) is 0 Å². The number of hydrogen-bond acceptors (Lipinski definition) is 4. The molecule has 0 aliphatic carbocycles. The van der Waals surface area contributed by atoms with Gasteiger partial charge in [0.2, 0.25) is 0 Å². The van der Waals surface area contributed by atoms with Crippen molar-refractivity contribution >= 4 is 5.97 Å². The third kappa shape index (κ3) is 6.14. The minimum Gasteiger partial charge on any atom is -0.508 e. The van der Waals surface area contributed by atoms with Gasteiger partial charge in [0.25, 0.3) is 5.97 Å². The Kier molecular flexibility index (Phi) is 6.18. The first-order chi connectivity index (χ1) is 9.71. The molecule has 0 spiro atoms. The molecule has 1 saturated heterocycles. The maximum Gasteiger partial charge on any atom is 0.300 e. The van der Waals surface area contributed by atoms with Crippen molar-refractivity contribution in [2.75, 3.05) is 0 Å². The summed E-state index contributed by atoms with van der Waals surface area (Å²) in [5.74, 6) is -0.628. The van der Waals surface area contributed by atoms with Crippen LogP contribution in [-0.2, 0) is 4.79 Å². The molecule has 0 unspecified atom stereocenters. The van der Waals surface area contributed by atoms with Crippen LogP contribution >= 0.6 is 0 Å². The number of phenolic OH excluding ortho intramolecular Hbond substituents is 1. The zero-order valence-electron chi connectivity index (χ0n) is 12.8. The van der Waals surface area contributed by atoms with Crippen LogP contribution < -0.4 is 5.32 Å². The lowest BCUT2D eigenvalue weighted by molar-refractivity contribution is -0.134. The molecule has 0 radical (unpaired) electrons. The Labute approximate surface area is 125 Å². The number of benzene rings is 1. The van der Waals surface area contributed by atoms with Gasteiger partial charge in [-0.2, -0.15) is 0 Å². The summed E-state index contributed by atoms with van der Waals surface area (Å²) in [4.78, 5) is 9.00. The van der Waals surface area contributed by atoms with Gasteiger partial charge in [0.05, 0.1) is 6.10 Å². The highest BCUT2D eigenvalue weighted by molar-refractivity contribution is 5.62. The summed E-state index contributed by atoms with van der Waals surface area (Å²) >= 11 is 0. The van der Waals surface area contributed by atoms with Crippen LogP contribution in [0.2, 0.25) is 0 Å². The molecule has 1 fully saturated rings. The summed E-state index contributed by atoms with van der Waals surface area (Å²) in [6.45, 7) is 5.41. The molecule has 0 aromatic heterocycles. The average Bonchev–Trinajstić information content (AvgIpc) is 2.36. The molecule has 0 bridgehead atoms. The Hall–Kier alpha value is -1.59. The molecule has 1 heterocycles. The highest BCUT2D eigenvalue weighted by Crippen LogP contribution is 2.29. The average molecular weight is 295 g/mol. The van der Waals surface area contributed by atoms with Crippen molar-refractivity contribution in [3.63, 3.8) is 0 Å². The highest BCUT2D eigenvalue weighted by Gasteiger charge is 2.31. The first-order valence-electron chi connectivity index (χ1n) is 7.15. The molecule has 0 saturated carbocycles. The maximum atomic E-state index is 10.3. The monoisotopic (exact) mass is 295 g/mol. The summed E-state index contributed by atoms with van der Waals surface area (Å²) in [7, 11) is 0. The minimum atomic E-state index is -0.833. The molecule has 1 aliphatic heterocycles. The van der Waals surface area contributed by atoms with Gasteiger partial charge in [0.1, 0.15) is 5.75 Å². The fourth-order valence-corrected chi connectivity index (χ4v) is 2.59. The summed E-state index contributed by atoms with van der Waals surface area (Å²) in [5, 5.41) is 30.7. The molecule has 1 aliphatic rings. The van der Waals surface area contributed by atoms with E-state index in [-0.39, 0.29) is 17.3 Å². The molecule has 2 rings (SSSR count). The zero-order chi connectivity index (χ0) is 16.0. The van der Waals surface area contributed by atoms with Crippen LogP contribution in [-0.4, -0.2) is 32.9 Å². The first-order valence-corrected chi connectivity index (χ1v) is 7.15. The molecule has 4 N–H and O–H groups in total. The summed E-state index contributed by atoms with van der Waals surface area (Å²) in [6, 6.07) is 6.94. The number of phenols is 1. The number of carbonyl (C=O) groups is 1. The number of aromatic hydroxyl groups is 1. The lowest BCUT2D eigenvalue weighted by Crippen LogP contribution is -2.51. The van der Waals surface area contributed by atoms with E-state index in [2.05, 4.69) is 19.2 Å². The van der Waals surface area contributed by atoms with E-state index in [0.717, 1.165) is 31.7 Å². The van der Waals surface area contributed by atoms with Gasteiger partial charge in [-0.1, -0.05) is 12.1 Å². The van der Waals surface area contributed by atoms with Crippen LogP contribution in [0.5, 0.6) is 5.75 Å². The van der Waals surface area contributed by atoms with Crippen molar-refractivity contribution in [2.45, 2.75) is 57.7 Å². The molecule has 0 amide bonds. The number of nitrogens with one attached hydrogen (secondary N) is 1. The molecule has 5 nitrogen and oxygen atoms in total. The van der Waals surface area contributed by atoms with Gasteiger partial charge in [-0.15, -0.1) is 0 Å². The molecule has 5 heteroatoms. The van der Waals surface area contributed by atoms with Gasteiger partial charge in [-0.3, -0.25) is 4.79 Å². The van der Waals surface area contributed by atoms with Crippen LogP contribution in [0.4, 0.5) is 0 Å². The first kappa shape index (κ1) is 17.5. The van der Waals surface area contributed by atoms with E-state index in [1.54, 1.807) is 18.2 Å². The topological polar surface area (TPSA) is 89.8 Å². The van der Waals surface area contributed by atoms with Gasteiger partial charge < -0.3 is 20.6 Å². The number of carboxylic acid groups (broad SMARTS) is 1. The fourth-order valence-electron chi connectivity index (χ4n) is 2.59. The summed E-state index contributed by atoms with van der Waals surface area (Å²) in [6.07, 6.45) is 2.68. The number of aliphatic hydroxyl groups is 1. The summed E-state index contributed by atoms with van der Waals surface area (Å²) < 4.78 is 0. The quantitative estimate of drug-likeness (QED) is 0.673. The third-order valence-electron chi connectivity index (χ3n) is 3.49. The Morgan fingerprint density at radius 1 is 1.43 bits per heavy atom. The molecule has 118 valence electrons. The minimum absolute atomic E-state index is 0.0700. The van der Waals surface area contributed by atoms with Gasteiger partial charge in [0, 0.05) is 18.5 Å². The van der Waals surface area contributed by atoms with Gasteiger partial charge in [-0.05, 0) is 50.8 Å². The normalized spacial score (nSPS) is 21.8. The van der Waals surface area contributed by atoms with Crippen molar-refractivity contribution in [1.82, 2.24) is 5.32 Å². The number of aliphatic carboxylic acids is 1. The van der Waals surface area contributed by atoms with Crippen molar-refractivity contribution < 1.29 is 20.1 Å². The van der Waals surface area contributed by atoms with E-state index in [9.17, 15) is 10.2 Å². The second-order valence-electron chi connectivity index (χ2n) is 6.09. The Balaban J connectivity index is 0.000000491. The number of aliphatic hydroxyl groups excluding tert-OH is 1. The van der Waals surface area contributed by atoms with E-state index in [4.69, 9.17) is 9.90 Å². The molecule has 1 aromatic rings. The molecular formula is C16H25NO4. The highest BCUT2D eigenvalue weighted by atomic mass is 16.4. The van der Waals surface area contributed by atoms with Crippen LogP contribution in [0.25, 0.3) is 0 Å². The SMILES string of the molecule is CC(=O)O.CC1(C)CCC[C@H]([C@H](O)c2cccc(O)c2)N1. The lowest BCUT2D eigenvalue weighted by Gasteiger charge is -2.39. The van der Waals surface area contributed by atoms with Gasteiger partial charge >= 0.3 is 0 Å². The Morgan fingerprint density at radius 3 is 2.57 bits per heavy atom. The Bertz CT molecular complexity index is 469. The van der Waals surface area contributed by atoms with Crippen molar-refractivity contribution in [2.24, 2.45) is 0 Å². The fraction of sp³-hybridized carbons (Fsp3) is 0.562. The van der Waals surface area contributed by atoms with Crippen molar-refractivity contribution in [3.8, 4) is 5.75 Å². The number of piperidine rings is 1. The standard InChI is InChI=1S/C14H21NO2.C2H4O2/c1-14(2)8-4-7-12(15-14)13(17)10-5-3-6-11(16)9-10;1-2(3)4/h3,5-6,9,12-13,15-17H,4,7-8H2,1-2H3;1H3,(H,3,4)/t12-,13-;/m1./s1. The van der Waals surface area contributed by atoms with Crippen molar-refractivity contribution in [1.29, 1.82) is 0 Å². The second kappa shape index (κ2) is 7.43. The lowest BCUT2D eigenvalue weighted by atomic mass is 9.85. The molecule has 2 atom stereocenters. The van der Waals surface area contributed by atoms with Crippen LogP contribution in [0.1, 0.15) is 51.7 Å². The van der Waals surface area contributed by atoms with Crippen molar-refractivity contribution in [3.05, 3.63) is 29.8 Å².